The lowest BCUT2D eigenvalue weighted by Gasteiger charge is -2.05. The Morgan fingerprint density at radius 1 is 1.14 bits per heavy atom. The van der Waals surface area contributed by atoms with Crippen molar-refractivity contribution >= 4 is 11.8 Å². The summed E-state index contributed by atoms with van der Waals surface area (Å²) in [7, 11) is 1.58. The van der Waals surface area contributed by atoms with Gasteiger partial charge in [0.25, 0.3) is 0 Å². The highest BCUT2D eigenvalue weighted by molar-refractivity contribution is 5.79. The number of carbonyl (C=O) groups excluding carboxylic acids is 2. The van der Waals surface area contributed by atoms with Crippen molar-refractivity contribution in [3.05, 3.63) is 0 Å². The first-order valence-electron chi connectivity index (χ1n) is 4.88. The van der Waals surface area contributed by atoms with E-state index in [9.17, 15) is 9.59 Å². The zero-order chi connectivity index (χ0) is 10.8. The van der Waals surface area contributed by atoms with E-state index in [1.165, 1.54) is 0 Å². The first kappa shape index (κ1) is 12.9. The maximum Gasteiger partial charge on any atom is 0.233 e. The predicted molar refractivity (Wildman–Crippen MR) is 54.9 cm³/mol. The molecule has 0 spiro atoms. The Balaban J connectivity index is 3.31. The third-order valence-electron chi connectivity index (χ3n) is 1.67. The van der Waals surface area contributed by atoms with Crippen LogP contribution in [-0.4, -0.2) is 38.5 Å². The smallest absolute Gasteiger partial charge is 0.233 e. The lowest BCUT2D eigenvalue weighted by Crippen LogP contribution is -2.36. The number of hydrogen-bond donors (Lipinski definition) is 3. The maximum atomic E-state index is 11.1. The van der Waals surface area contributed by atoms with E-state index in [1.807, 2.05) is 6.92 Å². The molecular formula is C9H19N3O2. The molecule has 5 nitrogen and oxygen atoms in total. The second kappa shape index (κ2) is 8.50. The van der Waals surface area contributed by atoms with Gasteiger partial charge in [-0.1, -0.05) is 6.92 Å². The Bertz CT molecular complexity index is 183. The summed E-state index contributed by atoms with van der Waals surface area (Å²) in [6.45, 7) is 3.59. The van der Waals surface area contributed by atoms with Gasteiger partial charge in [0.1, 0.15) is 0 Å². The Morgan fingerprint density at radius 3 is 2.43 bits per heavy atom. The molecule has 0 unspecified atom stereocenters. The summed E-state index contributed by atoms with van der Waals surface area (Å²) in [5.41, 5.74) is 0. The Kier molecular flexibility index (Phi) is 7.83. The van der Waals surface area contributed by atoms with E-state index < -0.39 is 0 Å². The highest BCUT2D eigenvalue weighted by Gasteiger charge is 2.01. The molecule has 3 N–H and O–H groups in total. The SMILES string of the molecule is CCCNCC(=O)NCCC(=O)NC. The van der Waals surface area contributed by atoms with Gasteiger partial charge < -0.3 is 16.0 Å². The summed E-state index contributed by atoms with van der Waals surface area (Å²) < 4.78 is 0. The van der Waals surface area contributed by atoms with E-state index in [4.69, 9.17) is 0 Å². The Hall–Kier alpha value is -1.10. The lowest BCUT2D eigenvalue weighted by molar-refractivity contribution is -0.121. The quantitative estimate of drug-likeness (QED) is 0.474. The van der Waals surface area contributed by atoms with Crippen LogP contribution in [0, 0.1) is 0 Å². The number of carbonyl (C=O) groups is 2. The van der Waals surface area contributed by atoms with Crippen LogP contribution in [0.3, 0.4) is 0 Å². The fourth-order valence-corrected chi connectivity index (χ4v) is 0.882. The molecule has 0 aliphatic rings. The van der Waals surface area contributed by atoms with Crippen LogP contribution in [-0.2, 0) is 9.59 Å². The normalized spacial score (nSPS) is 9.57. The molecule has 0 radical (unpaired) electrons. The van der Waals surface area contributed by atoms with Crippen LogP contribution >= 0.6 is 0 Å². The molecule has 14 heavy (non-hydrogen) atoms. The number of amides is 2. The maximum absolute atomic E-state index is 11.1. The third-order valence-corrected chi connectivity index (χ3v) is 1.67. The number of hydrogen-bond acceptors (Lipinski definition) is 3. The van der Waals surface area contributed by atoms with Crippen LogP contribution in [0.25, 0.3) is 0 Å². The summed E-state index contributed by atoms with van der Waals surface area (Å²) >= 11 is 0. The molecule has 0 bridgehead atoms. The monoisotopic (exact) mass is 201 g/mol. The molecule has 0 atom stereocenters. The molecule has 2 amide bonds. The van der Waals surface area contributed by atoms with E-state index in [0.29, 0.717) is 19.5 Å². The van der Waals surface area contributed by atoms with E-state index in [-0.39, 0.29) is 11.8 Å². The van der Waals surface area contributed by atoms with Gasteiger partial charge in [-0.25, -0.2) is 0 Å². The van der Waals surface area contributed by atoms with Crippen molar-refractivity contribution in [1.82, 2.24) is 16.0 Å². The summed E-state index contributed by atoms with van der Waals surface area (Å²) in [6.07, 6.45) is 1.33. The molecule has 0 aliphatic heterocycles. The second-order valence-electron chi connectivity index (χ2n) is 2.95. The van der Waals surface area contributed by atoms with E-state index >= 15 is 0 Å². The lowest BCUT2D eigenvalue weighted by atomic mass is 10.4. The van der Waals surface area contributed by atoms with Crippen molar-refractivity contribution in [2.24, 2.45) is 0 Å². The average molecular weight is 201 g/mol. The van der Waals surface area contributed by atoms with Crippen LogP contribution in [0.2, 0.25) is 0 Å². The molecule has 0 aliphatic carbocycles. The van der Waals surface area contributed by atoms with Gasteiger partial charge in [-0.3, -0.25) is 9.59 Å². The van der Waals surface area contributed by atoms with Gasteiger partial charge >= 0.3 is 0 Å². The van der Waals surface area contributed by atoms with Crippen LogP contribution in [0.15, 0.2) is 0 Å². The van der Waals surface area contributed by atoms with Crippen molar-refractivity contribution in [3.63, 3.8) is 0 Å². The summed E-state index contributed by atoms with van der Waals surface area (Å²) in [4.78, 5) is 21.9. The standard InChI is InChI=1S/C9H19N3O2/c1-3-5-11-7-9(14)12-6-4-8(13)10-2/h11H,3-7H2,1-2H3,(H,10,13)(H,12,14). The first-order valence-corrected chi connectivity index (χ1v) is 4.88. The van der Waals surface area contributed by atoms with E-state index in [0.717, 1.165) is 13.0 Å². The molecule has 0 heterocycles. The predicted octanol–water partition coefficient (Wildman–Crippen LogP) is -0.762. The van der Waals surface area contributed by atoms with Crippen molar-refractivity contribution in [1.29, 1.82) is 0 Å². The summed E-state index contributed by atoms with van der Waals surface area (Å²) in [5, 5.41) is 8.10. The molecule has 0 aromatic heterocycles. The summed E-state index contributed by atoms with van der Waals surface area (Å²) in [6, 6.07) is 0. The highest BCUT2D eigenvalue weighted by Crippen LogP contribution is 1.76. The Morgan fingerprint density at radius 2 is 1.86 bits per heavy atom. The second-order valence-corrected chi connectivity index (χ2v) is 2.95. The highest BCUT2D eigenvalue weighted by atomic mass is 16.2. The van der Waals surface area contributed by atoms with E-state index in [2.05, 4.69) is 16.0 Å². The van der Waals surface area contributed by atoms with Crippen molar-refractivity contribution < 1.29 is 9.59 Å². The number of rotatable bonds is 7. The van der Waals surface area contributed by atoms with Crippen molar-refractivity contribution in [2.75, 3.05) is 26.7 Å². The number of nitrogens with one attached hydrogen (secondary N) is 3. The van der Waals surface area contributed by atoms with Gasteiger partial charge in [-0.15, -0.1) is 0 Å². The van der Waals surface area contributed by atoms with Crippen LogP contribution in [0.4, 0.5) is 0 Å². The third kappa shape index (κ3) is 7.54. The molecule has 0 aromatic carbocycles. The largest absolute Gasteiger partial charge is 0.359 e. The molecule has 5 heteroatoms. The van der Waals surface area contributed by atoms with Crippen LogP contribution in [0.1, 0.15) is 19.8 Å². The average Bonchev–Trinajstić information content (AvgIpc) is 2.18. The summed E-state index contributed by atoms with van der Waals surface area (Å²) in [5.74, 6) is -0.130. The molecule has 82 valence electrons. The Labute approximate surface area is 84.6 Å². The zero-order valence-corrected chi connectivity index (χ0v) is 8.85. The van der Waals surface area contributed by atoms with Crippen molar-refractivity contribution in [3.8, 4) is 0 Å². The minimum atomic E-state index is -0.0673. The molecule has 0 saturated carbocycles. The van der Waals surface area contributed by atoms with Crippen LogP contribution < -0.4 is 16.0 Å². The van der Waals surface area contributed by atoms with Gasteiger partial charge in [0, 0.05) is 20.0 Å². The molecule has 0 rings (SSSR count). The van der Waals surface area contributed by atoms with Crippen LogP contribution in [0.5, 0.6) is 0 Å². The fraction of sp³-hybridized carbons (Fsp3) is 0.778. The van der Waals surface area contributed by atoms with Gasteiger partial charge in [0.15, 0.2) is 0 Å². The minimum Gasteiger partial charge on any atom is -0.359 e. The first-order chi connectivity index (χ1) is 6.70. The fourth-order valence-electron chi connectivity index (χ4n) is 0.882. The molecular weight excluding hydrogens is 182 g/mol. The van der Waals surface area contributed by atoms with Crippen molar-refractivity contribution in [2.45, 2.75) is 19.8 Å². The molecule has 0 saturated heterocycles. The topological polar surface area (TPSA) is 70.2 Å². The van der Waals surface area contributed by atoms with Gasteiger partial charge in [0.05, 0.1) is 6.54 Å². The zero-order valence-electron chi connectivity index (χ0n) is 8.85. The minimum absolute atomic E-state index is 0.0631. The molecule has 0 fully saturated rings. The van der Waals surface area contributed by atoms with Gasteiger partial charge in [-0.05, 0) is 13.0 Å². The molecule has 0 aromatic rings. The van der Waals surface area contributed by atoms with Gasteiger partial charge in [0.2, 0.25) is 11.8 Å². The van der Waals surface area contributed by atoms with Gasteiger partial charge in [-0.2, -0.15) is 0 Å². The van der Waals surface area contributed by atoms with E-state index in [1.54, 1.807) is 7.05 Å².